The molecule has 2 rings (SSSR count). The number of hydrogen-bond donors (Lipinski definition) is 0. The molecule has 76 valence electrons. The van der Waals surface area contributed by atoms with Gasteiger partial charge in [-0.05, 0) is 32.3 Å². The highest BCUT2D eigenvalue weighted by Crippen LogP contribution is 2.27. The summed E-state index contributed by atoms with van der Waals surface area (Å²) >= 11 is 0. The Bertz CT molecular complexity index is 389. The molecule has 0 atom stereocenters. The van der Waals surface area contributed by atoms with E-state index >= 15 is 0 Å². The van der Waals surface area contributed by atoms with Gasteiger partial charge in [0.25, 0.3) is 5.56 Å². The highest BCUT2D eigenvalue weighted by molar-refractivity contribution is 5.13. The van der Waals surface area contributed by atoms with Crippen LogP contribution in [0.5, 0.6) is 0 Å². The van der Waals surface area contributed by atoms with Crippen LogP contribution in [0.2, 0.25) is 0 Å². The molecule has 3 heteroatoms. The summed E-state index contributed by atoms with van der Waals surface area (Å²) in [6.07, 6.45) is 4.67. The molecule has 0 aliphatic heterocycles. The summed E-state index contributed by atoms with van der Waals surface area (Å²) in [7, 11) is 0. The van der Waals surface area contributed by atoms with Crippen LogP contribution >= 0.6 is 0 Å². The maximum Gasteiger partial charge on any atom is 0.267 e. The molecule has 0 amide bonds. The van der Waals surface area contributed by atoms with Crippen LogP contribution in [0.1, 0.15) is 43.0 Å². The quantitative estimate of drug-likeness (QED) is 0.682. The first-order valence-electron chi connectivity index (χ1n) is 5.25. The van der Waals surface area contributed by atoms with Gasteiger partial charge in [-0.25, -0.2) is 4.68 Å². The van der Waals surface area contributed by atoms with Gasteiger partial charge in [0, 0.05) is 6.07 Å². The molecule has 14 heavy (non-hydrogen) atoms. The molecule has 0 unspecified atom stereocenters. The zero-order valence-corrected chi connectivity index (χ0v) is 8.79. The van der Waals surface area contributed by atoms with E-state index in [0.717, 1.165) is 24.1 Å². The van der Waals surface area contributed by atoms with Crippen molar-refractivity contribution in [2.45, 2.75) is 45.6 Å². The molecule has 1 saturated carbocycles. The largest absolute Gasteiger partial charge is 0.268 e. The molecular formula is C11H16N2O. The lowest BCUT2D eigenvalue weighted by molar-refractivity contribution is 0.439. The molecule has 1 aromatic rings. The third kappa shape index (κ3) is 1.59. The van der Waals surface area contributed by atoms with Crippen LogP contribution in [-0.4, -0.2) is 9.78 Å². The van der Waals surface area contributed by atoms with Crippen molar-refractivity contribution in [1.82, 2.24) is 9.78 Å². The van der Waals surface area contributed by atoms with Crippen LogP contribution in [0.4, 0.5) is 0 Å². The smallest absolute Gasteiger partial charge is 0.267 e. The van der Waals surface area contributed by atoms with Gasteiger partial charge in [-0.3, -0.25) is 4.79 Å². The van der Waals surface area contributed by atoms with Crippen molar-refractivity contribution in [3.05, 3.63) is 27.7 Å². The lowest BCUT2D eigenvalue weighted by Gasteiger charge is -2.12. The molecule has 0 aromatic carbocycles. The Morgan fingerprint density at radius 2 is 2.00 bits per heavy atom. The minimum absolute atomic E-state index is 0.0556. The molecule has 0 bridgehead atoms. The van der Waals surface area contributed by atoms with E-state index in [1.54, 1.807) is 10.7 Å². The minimum Gasteiger partial charge on any atom is -0.268 e. The van der Waals surface area contributed by atoms with E-state index in [0.29, 0.717) is 6.04 Å². The topological polar surface area (TPSA) is 34.9 Å². The van der Waals surface area contributed by atoms with Gasteiger partial charge in [0.15, 0.2) is 0 Å². The van der Waals surface area contributed by atoms with Crippen molar-refractivity contribution in [2.24, 2.45) is 0 Å². The van der Waals surface area contributed by atoms with E-state index in [4.69, 9.17) is 0 Å². The Morgan fingerprint density at radius 1 is 1.36 bits per heavy atom. The van der Waals surface area contributed by atoms with Crippen LogP contribution in [0.25, 0.3) is 0 Å². The zero-order chi connectivity index (χ0) is 10.1. The lowest BCUT2D eigenvalue weighted by atomic mass is 10.2. The first-order chi connectivity index (χ1) is 6.68. The van der Waals surface area contributed by atoms with Gasteiger partial charge >= 0.3 is 0 Å². The number of hydrogen-bond acceptors (Lipinski definition) is 2. The van der Waals surface area contributed by atoms with Crippen molar-refractivity contribution < 1.29 is 0 Å². The van der Waals surface area contributed by atoms with Gasteiger partial charge in [-0.2, -0.15) is 5.10 Å². The van der Waals surface area contributed by atoms with Crippen LogP contribution in [0.15, 0.2) is 10.9 Å². The van der Waals surface area contributed by atoms with Crippen molar-refractivity contribution in [1.29, 1.82) is 0 Å². The van der Waals surface area contributed by atoms with E-state index in [1.165, 1.54) is 12.8 Å². The fraction of sp³-hybridized carbons (Fsp3) is 0.636. The van der Waals surface area contributed by atoms with Crippen molar-refractivity contribution in [3.63, 3.8) is 0 Å². The fourth-order valence-corrected chi connectivity index (χ4v) is 2.06. The predicted molar refractivity (Wildman–Crippen MR) is 55.5 cm³/mol. The second kappa shape index (κ2) is 3.56. The molecule has 1 fully saturated rings. The Morgan fingerprint density at radius 3 is 2.64 bits per heavy atom. The summed E-state index contributed by atoms with van der Waals surface area (Å²) in [6, 6.07) is 2.04. The zero-order valence-electron chi connectivity index (χ0n) is 8.79. The maximum absolute atomic E-state index is 11.7. The first-order valence-corrected chi connectivity index (χ1v) is 5.25. The molecular weight excluding hydrogens is 176 g/mol. The molecule has 1 heterocycles. The van der Waals surface area contributed by atoms with Gasteiger partial charge in [0.1, 0.15) is 0 Å². The molecule has 0 radical (unpaired) electrons. The van der Waals surface area contributed by atoms with Gasteiger partial charge in [-0.15, -0.1) is 0 Å². The van der Waals surface area contributed by atoms with Crippen LogP contribution < -0.4 is 5.56 Å². The van der Waals surface area contributed by atoms with E-state index in [-0.39, 0.29) is 5.56 Å². The molecule has 0 spiro atoms. The molecule has 0 N–H and O–H groups in total. The summed E-state index contributed by atoms with van der Waals surface area (Å²) in [5.41, 5.74) is 2.01. The van der Waals surface area contributed by atoms with Gasteiger partial charge < -0.3 is 0 Å². The highest BCUT2D eigenvalue weighted by atomic mass is 16.1. The maximum atomic E-state index is 11.7. The molecule has 0 saturated heterocycles. The molecule has 1 aliphatic rings. The Balaban J connectivity index is 2.42. The van der Waals surface area contributed by atoms with Crippen LogP contribution in [-0.2, 0) is 0 Å². The Labute approximate surface area is 83.8 Å². The summed E-state index contributed by atoms with van der Waals surface area (Å²) in [6.45, 7) is 3.89. The SMILES string of the molecule is Cc1cc(=O)n(C2CCCC2)nc1C. The average Bonchev–Trinajstić information content (AvgIpc) is 2.64. The van der Waals surface area contributed by atoms with Crippen molar-refractivity contribution in [2.75, 3.05) is 0 Å². The highest BCUT2D eigenvalue weighted by Gasteiger charge is 2.19. The number of nitrogens with zero attached hydrogens (tertiary/aromatic N) is 2. The van der Waals surface area contributed by atoms with Crippen LogP contribution in [0, 0.1) is 13.8 Å². The molecule has 3 nitrogen and oxygen atoms in total. The first kappa shape index (κ1) is 9.44. The van der Waals surface area contributed by atoms with Crippen LogP contribution in [0.3, 0.4) is 0 Å². The number of aryl methyl sites for hydroxylation is 2. The Kier molecular flexibility index (Phi) is 2.40. The standard InChI is InChI=1S/C11H16N2O/c1-8-7-11(14)13(12-9(8)2)10-5-3-4-6-10/h7,10H,3-6H2,1-2H3. The van der Waals surface area contributed by atoms with E-state index in [9.17, 15) is 4.79 Å². The third-order valence-electron chi connectivity index (χ3n) is 3.06. The number of rotatable bonds is 1. The fourth-order valence-electron chi connectivity index (χ4n) is 2.06. The minimum atomic E-state index is 0.0556. The summed E-state index contributed by atoms with van der Waals surface area (Å²) < 4.78 is 1.68. The van der Waals surface area contributed by atoms with E-state index in [1.807, 2.05) is 13.8 Å². The van der Waals surface area contributed by atoms with Crippen molar-refractivity contribution in [3.8, 4) is 0 Å². The molecule has 1 aliphatic carbocycles. The van der Waals surface area contributed by atoms with E-state index < -0.39 is 0 Å². The summed E-state index contributed by atoms with van der Waals surface area (Å²) in [5.74, 6) is 0. The summed E-state index contributed by atoms with van der Waals surface area (Å²) in [5, 5.41) is 4.36. The normalized spacial score (nSPS) is 17.6. The monoisotopic (exact) mass is 192 g/mol. The lowest BCUT2D eigenvalue weighted by Crippen LogP contribution is -2.26. The van der Waals surface area contributed by atoms with E-state index in [2.05, 4.69) is 5.10 Å². The van der Waals surface area contributed by atoms with Gasteiger partial charge in [0.05, 0.1) is 11.7 Å². The number of aromatic nitrogens is 2. The van der Waals surface area contributed by atoms with Gasteiger partial charge in [-0.1, -0.05) is 12.8 Å². The second-order valence-corrected chi connectivity index (χ2v) is 4.13. The van der Waals surface area contributed by atoms with Crippen molar-refractivity contribution >= 4 is 0 Å². The summed E-state index contributed by atoms with van der Waals surface area (Å²) in [4.78, 5) is 11.7. The average molecular weight is 192 g/mol. The Hall–Kier alpha value is -1.12. The molecule has 1 aromatic heterocycles. The third-order valence-corrected chi connectivity index (χ3v) is 3.06. The second-order valence-electron chi connectivity index (χ2n) is 4.13. The van der Waals surface area contributed by atoms with Gasteiger partial charge in [0.2, 0.25) is 0 Å². The predicted octanol–water partition coefficient (Wildman–Crippen LogP) is 1.98.